The molecular weight excluding hydrogens is 519 g/mol. The Morgan fingerprint density at radius 2 is 1.81 bits per heavy atom. The maximum Gasteiger partial charge on any atom is 0.176 e. The van der Waals surface area contributed by atoms with Crippen LogP contribution in [0, 0.1) is 0 Å². The normalized spacial score (nSPS) is 20.1. The minimum absolute atomic E-state index is 0.0441. The molecule has 0 radical (unpaired) electrons. The summed E-state index contributed by atoms with van der Waals surface area (Å²) >= 11 is 13.1. The third kappa shape index (κ3) is 8.57. The van der Waals surface area contributed by atoms with Gasteiger partial charge >= 0.3 is 0 Å². The van der Waals surface area contributed by atoms with Crippen LogP contribution >= 0.6 is 35.1 Å². The predicted octanol–water partition coefficient (Wildman–Crippen LogP) is 5.49. The highest BCUT2D eigenvalue weighted by Gasteiger charge is 2.26. The molecule has 3 heterocycles. The summed E-state index contributed by atoms with van der Waals surface area (Å²) < 4.78 is 21.9. The number of benzene rings is 2. The van der Waals surface area contributed by atoms with E-state index in [4.69, 9.17) is 37.4 Å². The van der Waals surface area contributed by atoms with Crippen molar-refractivity contribution in [1.29, 1.82) is 0 Å². The molecule has 10 heteroatoms. The highest BCUT2D eigenvalue weighted by atomic mass is 35.5. The number of piperazine rings is 1. The van der Waals surface area contributed by atoms with Gasteiger partial charge in [0.1, 0.15) is 18.5 Å². The van der Waals surface area contributed by atoms with Gasteiger partial charge in [-0.3, -0.25) is 0 Å². The molecule has 0 spiro atoms. The van der Waals surface area contributed by atoms with Crippen LogP contribution in [-0.4, -0.2) is 71.4 Å². The Hall–Kier alpha value is -1.94. The van der Waals surface area contributed by atoms with Crippen LogP contribution < -0.4 is 9.64 Å². The molecule has 2 unspecified atom stereocenters. The first-order valence-corrected chi connectivity index (χ1v) is 13.8. The smallest absolute Gasteiger partial charge is 0.176 e. The maximum atomic E-state index is 5.91. The Labute approximate surface area is 227 Å². The van der Waals surface area contributed by atoms with Gasteiger partial charge < -0.3 is 23.7 Å². The van der Waals surface area contributed by atoms with E-state index in [0.717, 1.165) is 37.7 Å². The summed E-state index contributed by atoms with van der Waals surface area (Å²) in [6.45, 7) is 8.25. The number of aromatic nitrogens is 2. The zero-order valence-corrected chi connectivity index (χ0v) is 22.7. The second kappa shape index (κ2) is 14.1. The fourth-order valence-electron chi connectivity index (χ4n) is 3.92. The lowest BCUT2D eigenvalue weighted by Gasteiger charge is -2.35. The predicted molar refractivity (Wildman–Crippen MR) is 147 cm³/mol. The molecule has 2 aromatic carbocycles. The van der Waals surface area contributed by atoms with Crippen molar-refractivity contribution in [2.24, 2.45) is 0 Å². The average Bonchev–Trinajstić information content (AvgIpc) is 3.57. The number of anilines is 1. The van der Waals surface area contributed by atoms with Crippen molar-refractivity contribution < 1.29 is 14.2 Å². The lowest BCUT2D eigenvalue weighted by Crippen LogP contribution is -2.43. The van der Waals surface area contributed by atoms with Gasteiger partial charge in [-0.1, -0.05) is 48.1 Å². The molecule has 1 aromatic heterocycles. The molecule has 2 aliphatic heterocycles. The standard InChI is InChI=1S/C20H28N4O3S.C6H4Cl2/c1-2-28-24-11-9-23(10-12-24)17-3-5-18(6-4-17)25-14-19-15-26-20(27-19)13-22-8-7-21-16-22;7-5-2-1-3-6(8)4-5/h3-8,16,19-20H,2,9-15H2,1H3;1-4H. The number of nitrogens with zero attached hydrogens (tertiary/aromatic N) is 4. The highest BCUT2D eigenvalue weighted by Crippen LogP contribution is 2.23. The number of imidazole rings is 1. The molecular formula is C26H32Cl2N4O3S. The van der Waals surface area contributed by atoms with E-state index in [1.165, 1.54) is 5.69 Å². The van der Waals surface area contributed by atoms with Crippen LogP contribution in [0.5, 0.6) is 5.75 Å². The Balaban J connectivity index is 0.000000325. The number of ether oxygens (including phenoxy) is 3. The van der Waals surface area contributed by atoms with Gasteiger partial charge in [-0.2, -0.15) is 0 Å². The topological polar surface area (TPSA) is 52.0 Å². The summed E-state index contributed by atoms with van der Waals surface area (Å²) in [5.41, 5.74) is 1.26. The van der Waals surface area contributed by atoms with E-state index in [0.29, 0.717) is 29.8 Å². The Morgan fingerprint density at radius 3 is 2.42 bits per heavy atom. The first kappa shape index (κ1) is 27.1. The van der Waals surface area contributed by atoms with Crippen LogP contribution in [0.3, 0.4) is 0 Å². The van der Waals surface area contributed by atoms with E-state index < -0.39 is 0 Å². The molecule has 0 N–H and O–H groups in total. The minimum atomic E-state index is -0.241. The molecule has 0 amide bonds. The average molecular weight is 552 g/mol. The van der Waals surface area contributed by atoms with Gasteiger partial charge in [0.2, 0.25) is 0 Å². The van der Waals surface area contributed by atoms with Crippen molar-refractivity contribution in [3.63, 3.8) is 0 Å². The molecule has 2 atom stereocenters. The van der Waals surface area contributed by atoms with Crippen molar-refractivity contribution in [1.82, 2.24) is 13.9 Å². The monoisotopic (exact) mass is 550 g/mol. The Morgan fingerprint density at radius 1 is 1.06 bits per heavy atom. The number of halogens is 2. The summed E-state index contributed by atoms with van der Waals surface area (Å²) in [7, 11) is 0. The van der Waals surface area contributed by atoms with Crippen molar-refractivity contribution >= 4 is 40.8 Å². The van der Waals surface area contributed by atoms with Gasteiger partial charge in [-0.05, 0) is 42.5 Å². The van der Waals surface area contributed by atoms with Crippen LogP contribution in [0.2, 0.25) is 10.0 Å². The third-order valence-corrected chi connectivity index (χ3v) is 7.16. The van der Waals surface area contributed by atoms with Gasteiger partial charge in [0.05, 0.1) is 19.5 Å². The van der Waals surface area contributed by atoms with E-state index in [2.05, 4.69) is 33.2 Å². The maximum absolute atomic E-state index is 5.91. The van der Waals surface area contributed by atoms with Crippen LogP contribution in [-0.2, 0) is 16.0 Å². The van der Waals surface area contributed by atoms with Crippen molar-refractivity contribution in [2.45, 2.75) is 25.9 Å². The van der Waals surface area contributed by atoms with Crippen molar-refractivity contribution in [2.75, 3.05) is 50.0 Å². The third-order valence-electron chi connectivity index (χ3n) is 5.71. The van der Waals surface area contributed by atoms with E-state index in [-0.39, 0.29) is 12.4 Å². The van der Waals surface area contributed by atoms with E-state index in [1.807, 2.05) is 40.9 Å². The van der Waals surface area contributed by atoms with E-state index in [9.17, 15) is 0 Å². The largest absolute Gasteiger partial charge is 0.491 e. The second-order valence-corrected chi connectivity index (χ2v) is 10.6. The van der Waals surface area contributed by atoms with E-state index >= 15 is 0 Å². The molecule has 5 rings (SSSR count). The number of rotatable bonds is 8. The molecule has 36 heavy (non-hydrogen) atoms. The molecule has 2 aliphatic rings. The summed E-state index contributed by atoms with van der Waals surface area (Å²) in [6, 6.07) is 15.5. The minimum Gasteiger partial charge on any atom is -0.491 e. The summed E-state index contributed by atoms with van der Waals surface area (Å²) in [6.07, 6.45) is 5.14. The molecule has 3 aromatic rings. The fraction of sp³-hybridized carbons (Fsp3) is 0.423. The van der Waals surface area contributed by atoms with Gasteiger partial charge in [0, 0.05) is 60.1 Å². The van der Waals surface area contributed by atoms with Gasteiger partial charge in [-0.25, -0.2) is 9.29 Å². The van der Waals surface area contributed by atoms with Crippen LogP contribution in [0.15, 0.2) is 67.3 Å². The molecule has 0 bridgehead atoms. The highest BCUT2D eigenvalue weighted by molar-refractivity contribution is 7.96. The Kier molecular flexibility index (Phi) is 10.6. The lowest BCUT2D eigenvalue weighted by atomic mass is 10.2. The van der Waals surface area contributed by atoms with Crippen LogP contribution in [0.1, 0.15) is 6.92 Å². The summed E-state index contributed by atoms with van der Waals surface area (Å²) in [5.74, 6) is 2.01. The fourth-order valence-corrected chi connectivity index (χ4v) is 5.14. The second-order valence-electron chi connectivity index (χ2n) is 8.36. The zero-order valence-electron chi connectivity index (χ0n) is 20.3. The molecule has 2 saturated heterocycles. The molecule has 0 aliphatic carbocycles. The molecule has 7 nitrogen and oxygen atoms in total. The summed E-state index contributed by atoms with van der Waals surface area (Å²) in [4.78, 5) is 6.47. The SMILES string of the molecule is CCSN1CCN(c2ccc(OCC3COC(Cn4ccnc4)O3)cc2)CC1.Clc1cccc(Cl)c1. The van der Waals surface area contributed by atoms with Crippen molar-refractivity contribution in [3.8, 4) is 5.75 Å². The Bertz CT molecular complexity index is 1020. The first-order valence-electron chi connectivity index (χ1n) is 12.1. The van der Waals surface area contributed by atoms with Gasteiger partial charge in [-0.15, -0.1) is 0 Å². The zero-order chi connectivity index (χ0) is 25.2. The van der Waals surface area contributed by atoms with E-state index in [1.54, 1.807) is 30.7 Å². The van der Waals surface area contributed by atoms with Crippen molar-refractivity contribution in [3.05, 3.63) is 77.3 Å². The lowest BCUT2D eigenvalue weighted by molar-refractivity contribution is -0.0726. The summed E-state index contributed by atoms with van der Waals surface area (Å²) in [5, 5.41) is 1.36. The first-order chi connectivity index (χ1) is 17.6. The number of hydrogen-bond acceptors (Lipinski definition) is 7. The number of hydrogen-bond donors (Lipinski definition) is 0. The molecule has 2 fully saturated rings. The molecule has 194 valence electrons. The quantitative estimate of drug-likeness (QED) is 0.344. The van der Waals surface area contributed by atoms with Crippen LogP contribution in [0.4, 0.5) is 5.69 Å². The molecule has 0 saturated carbocycles. The van der Waals surface area contributed by atoms with Gasteiger partial charge in [0.25, 0.3) is 0 Å². The van der Waals surface area contributed by atoms with Crippen LogP contribution in [0.25, 0.3) is 0 Å². The van der Waals surface area contributed by atoms with Gasteiger partial charge in [0.15, 0.2) is 6.29 Å².